The lowest BCUT2D eigenvalue weighted by Gasteiger charge is -1.94. The minimum Gasteiger partial charge on any atom is -0.205 e. The maximum absolute atomic E-state index is 13.1. The van der Waals surface area contributed by atoms with Crippen LogP contribution in [0.2, 0.25) is 5.02 Å². The van der Waals surface area contributed by atoms with Crippen LogP contribution in [0.3, 0.4) is 0 Å². The summed E-state index contributed by atoms with van der Waals surface area (Å²) in [6, 6.07) is 4.66. The van der Waals surface area contributed by atoms with Gasteiger partial charge in [0.05, 0.1) is 5.02 Å². The van der Waals surface area contributed by atoms with Gasteiger partial charge in [-0.25, -0.2) is 4.39 Å². The average molecular weight is 239 g/mol. The van der Waals surface area contributed by atoms with Gasteiger partial charge >= 0.3 is 0 Å². The molecule has 0 amide bonds. The first kappa shape index (κ1) is 13.1. The normalized spacial score (nSPS) is 9.69. The molecule has 0 bridgehead atoms. The monoisotopic (exact) mass is 238 g/mol. The predicted octanol–water partition coefficient (Wildman–Crippen LogP) is 4.80. The van der Waals surface area contributed by atoms with Crippen molar-refractivity contribution in [3.8, 4) is 11.8 Å². The summed E-state index contributed by atoms with van der Waals surface area (Å²) >= 11 is 5.58. The summed E-state index contributed by atoms with van der Waals surface area (Å²) in [6.45, 7) is 2.18. The molecule has 16 heavy (non-hydrogen) atoms. The second-order valence-electron chi connectivity index (χ2n) is 3.74. The van der Waals surface area contributed by atoms with Crippen molar-refractivity contribution in [2.75, 3.05) is 0 Å². The maximum Gasteiger partial charge on any atom is 0.143 e. The number of unbranched alkanes of at least 4 members (excludes halogenated alkanes) is 4. The van der Waals surface area contributed by atoms with E-state index >= 15 is 0 Å². The Labute approximate surface area is 102 Å². The molecule has 0 spiro atoms. The van der Waals surface area contributed by atoms with E-state index in [-0.39, 0.29) is 5.02 Å². The molecule has 0 aliphatic heterocycles. The molecule has 1 rings (SSSR count). The lowest BCUT2D eigenvalue weighted by atomic mass is 10.1. The van der Waals surface area contributed by atoms with Crippen molar-refractivity contribution in [1.82, 2.24) is 0 Å². The Morgan fingerprint density at radius 2 is 2.06 bits per heavy atom. The van der Waals surface area contributed by atoms with Crippen molar-refractivity contribution in [3.63, 3.8) is 0 Å². The molecule has 1 aromatic carbocycles. The highest BCUT2D eigenvalue weighted by atomic mass is 35.5. The molecule has 0 N–H and O–H groups in total. The quantitative estimate of drug-likeness (QED) is 0.522. The van der Waals surface area contributed by atoms with Crippen LogP contribution in [-0.2, 0) is 0 Å². The second-order valence-corrected chi connectivity index (χ2v) is 4.15. The molecule has 0 nitrogen and oxygen atoms in total. The molecular weight excluding hydrogens is 223 g/mol. The maximum atomic E-state index is 13.1. The van der Waals surface area contributed by atoms with Crippen LogP contribution in [0, 0.1) is 17.7 Å². The number of hydrogen-bond donors (Lipinski definition) is 0. The van der Waals surface area contributed by atoms with Crippen molar-refractivity contribution >= 4 is 11.6 Å². The molecule has 0 atom stereocenters. The SMILES string of the molecule is CCCCCCC#Cc1ccc(Cl)c(F)c1. The van der Waals surface area contributed by atoms with Gasteiger partial charge in [-0.05, 0) is 24.6 Å². The van der Waals surface area contributed by atoms with Crippen molar-refractivity contribution in [2.24, 2.45) is 0 Å². The van der Waals surface area contributed by atoms with Crippen molar-refractivity contribution in [1.29, 1.82) is 0 Å². The molecule has 86 valence electrons. The van der Waals surface area contributed by atoms with E-state index in [4.69, 9.17) is 11.6 Å². The molecule has 0 heterocycles. The smallest absolute Gasteiger partial charge is 0.143 e. The molecule has 0 aliphatic rings. The Bertz CT molecular complexity index is 387. The Hall–Kier alpha value is -1.00. The third-order valence-corrected chi connectivity index (χ3v) is 2.61. The Morgan fingerprint density at radius 1 is 1.25 bits per heavy atom. The van der Waals surface area contributed by atoms with E-state index in [1.54, 1.807) is 6.07 Å². The highest BCUT2D eigenvalue weighted by Crippen LogP contribution is 2.14. The zero-order valence-corrected chi connectivity index (χ0v) is 10.3. The van der Waals surface area contributed by atoms with E-state index in [0.717, 1.165) is 12.8 Å². The average Bonchev–Trinajstić information content (AvgIpc) is 2.28. The van der Waals surface area contributed by atoms with Gasteiger partial charge in [-0.3, -0.25) is 0 Å². The van der Waals surface area contributed by atoms with Gasteiger partial charge in [0.25, 0.3) is 0 Å². The summed E-state index contributed by atoms with van der Waals surface area (Å²) in [5.41, 5.74) is 0.692. The van der Waals surface area contributed by atoms with Gasteiger partial charge in [0.1, 0.15) is 5.82 Å². The molecular formula is C14H16ClF. The largest absolute Gasteiger partial charge is 0.205 e. The van der Waals surface area contributed by atoms with E-state index in [1.165, 1.54) is 31.4 Å². The standard InChI is InChI=1S/C14H16ClF/c1-2-3-4-5-6-7-8-12-9-10-13(15)14(16)11-12/h9-11H,2-6H2,1H3. The summed E-state index contributed by atoms with van der Waals surface area (Å²) in [5.74, 6) is 5.59. The van der Waals surface area contributed by atoms with Gasteiger partial charge in [-0.2, -0.15) is 0 Å². The van der Waals surface area contributed by atoms with Crippen LogP contribution in [0.5, 0.6) is 0 Å². The number of rotatable bonds is 4. The van der Waals surface area contributed by atoms with Crippen molar-refractivity contribution in [3.05, 3.63) is 34.6 Å². The molecule has 0 unspecified atom stereocenters. The summed E-state index contributed by atoms with van der Waals surface area (Å²) in [6.07, 6.45) is 5.72. The van der Waals surface area contributed by atoms with E-state index < -0.39 is 5.82 Å². The number of hydrogen-bond acceptors (Lipinski definition) is 0. The van der Waals surface area contributed by atoms with Crippen LogP contribution in [-0.4, -0.2) is 0 Å². The van der Waals surface area contributed by atoms with Gasteiger partial charge in [-0.15, -0.1) is 0 Å². The summed E-state index contributed by atoms with van der Waals surface area (Å²) in [4.78, 5) is 0. The minimum absolute atomic E-state index is 0.147. The molecule has 0 fully saturated rings. The Balaban J connectivity index is 2.41. The Morgan fingerprint density at radius 3 is 2.75 bits per heavy atom. The van der Waals surface area contributed by atoms with Gasteiger partial charge in [0, 0.05) is 12.0 Å². The third-order valence-electron chi connectivity index (χ3n) is 2.31. The van der Waals surface area contributed by atoms with Crippen LogP contribution in [0.15, 0.2) is 18.2 Å². The van der Waals surface area contributed by atoms with E-state index in [9.17, 15) is 4.39 Å². The highest BCUT2D eigenvalue weighted by Gasteiger charge is 1.97. The fourth-order valence-electron chi connectivity index (χ4n) is 1.38. The van der Waals surface area contributed by atoms with Gasteiger partial charge in [0.2, 0.25) is 0 Å². The predicted molar refractivity (Wildman–Crippen MR) is 67.0 cm³/mol. The van der Waals surface area contributed by atoms with Gasteiger partial charge in [0.15, 0.2) is 0 Å². The second kappa shape index (κ2) is 7.30. The lowest BCUT2D eigenvalue weighted by Crippen LogP contribution is -1.80. The first-order valence-electron chi connectivity index (χ1n) is 5.68. The molecule has 2 heteroatoms. The first-order valence-corrected chi connectivity index (χ1v) is 6.05. The molecule has 0 saturated heterocycles. The van der Waals surface area contributed by atoms with Crippen LogP contribution in [0.25, 0.3) is 0 Å². The van der Waals surface area contributed by atoms with Gasteiger partial charge in [-0.1, -0.05) is 49.6 Å². The summed E-state index contributed by atoms with van der Waals surface area (Å²) in [5, 5.41) is 0.147. The van der Waals surface area contributed by atoms with E-state index in [1.807, 2.05) is 0 Å². The summed E-state index contributed by atoms with van der Waals surface area (Å²) < 4.78 is 13.1. The fourth-order valence-corrected chi connectivity index (χ4v) is 1.50. The van der Waals surface area contributed by atoms with Crippen molar-refractivity contribution in [2.45, 2.75) is 39.0 Å². The lowest BCUT2D eigenvalue weighted by molar-refractivity contribution is 0.628. The summed E-state index contributed by atoms with van der Waals surface area (Å²) in [7, 11) is 0. The fraction of sp³-hybridized carbons (Fsp3) is 0.429. The zero-order chi connectivity index (χ0) is 11.8. The van der Waals surface area contributed by atoms with Crippen LogP contribution in [0.1, 0.15) is 44.6 Å². The molecule has 0 aliphatic carbocycles. The molecule has 0 saturated carbocycles. The third kappa shape index (κ3) is 4.68. The number of benzene rings is 1. The molecule has 0 radical (unpaired) electrons. The topological polar surface area (TPSA) is 0 Å². The number of halogens is 2. The zero-order valence-electron chi connectivity index (χ0n) is 9.52. The molecule has 1 aromatic rings. The minimum atomic E-state index is -0.403. The van der Waals surface area contributed by atoms with Crippen molar-refractivity contribution < 1.29 is 4.39 Å². The van der Waals surface area contributed by atoms with Gasteiger partial charge < -0.3 is 0 Å². The van der Waals surface area contributed by atoms with E-state index in [2.05, 4.69) is 18.8 Å². The Kier molecular flexibility index (Phi) is 5.96. The molecule has 0 aromatic heterocycles. The van der Waals surface area contributed by atoms with Crippen LogP contribution < -0.4 is 0 Å². The first-order chi connectivity index (χ1) is 7.74. The van der Waals surface area contributed by atoms with Crippen LogP contribution >= 0.6 is 11.6 Å². The van der Waals surface area contributed by atoms with Crippen LogP contribution in [0.4, 0.5) is 4.39 Å². The van der Waals surface area contributed by atoms with E-state index in [0.29, 0.717) is 5.56 Å². The highest BCUT2D eigenvalue weighted by molar-refractivity contribution is 6.30.